The molecule has 0 aliphatic heterocycles. The van der Waals surface area contributed by atoms with Gasteiger partial charge in [-0.3, -0.25) is 0 Å². The Bertz CT molecular complexity index is 63.1. The van der Waals surface area contributed by atoms with Gasteiger partial charge >= 0.3 is 119 Å². The van der Waals surface area contributed by atoms with Crippen LogP contribution in [0.2, 0.25) is 0 Å². The van der Waals surface area contributed by atoms with Crippen LogP contribution in [0.5, 0.6) is 0 Å². The van der Waals surface area contributed by atoms with Gasteiger partial charge in [-0.05, 0) is 0 Å². The summed E-state index contributed by atoms with van der Waals surface area (Å²) in [7, 11) is 0. The zero-order valence-corrected chi connectivity index (χ0v) is 13.3. The van der Waals surface area contributed by atoms with E-state index in [4.69, 9.17) is 47.3 Å². The zero-order chi connectivity index (χ0) is 8.00. The Balaban J connectivity index is -0.00000000356. The summed E-state index contributed by atoms with van der Waals surface area (Å²) in [5, 5.41) is 25.0. The number of rotatable bonds is 0. The molecule has 0 bridgehead atoms. The van der Waals surface area contributed by atoms with E-state index in [1.807, 2.05) is 0 Å². The van der Waals surface area contributed by atoms with Crippen LogP contribution in [0, 0.1) is 47.3 Å². The molecule has 0 rings (SSSR count). The third-order valence-corrected chi connectivity index (χ3v) is 0. The van der Waals surface area contributed by atoms with Crippen molar-refractivity contribution in [2.24, 2.45) is 0 Å². The first kappa shape index (κ1) is 53.4. The molecule has 0 N–H and O–H groups in total. The van der Waals surface area contributed by atoms with Crippen molar-refractivity contribution in [3.8, 4) is 0 Å². The Morgan fingerprint density at radius 2 is 0.455 bits per heavy atom. The fraction of sp³-hybridized carbons (Fsp3) is 0. The first-order valence-electron chi connectivity index (χ1n) is 0.894. The van der Waals surface area contributed by atoms with Crippen molar-refractivity contribution in [2.45, 2.75) is 0 Å². The normalized spacial score (nSPS) is 0.727. The Morgan fingerprint density at radius 3 is 0.455 bits per heavy atom. The molecule has 0 spiro atoms. The van der Waals surface area contributed by atoms with Crippen LogP contribution in [0.3, 0.4) is 0 Å². The van der Waals surface area contributed by atoms with E-state index >= 15 is 0 Å². The summed E-state index contributed by atoms with van der Waals surface area (Å²) < 4.78 is 0. The molecule has 0 atom stereocenters. The number of hydrogen-bond donors (Lipinski definition) is 0. The molecule has 0 fully saturated rings. The van der Waals surface area contributed by atoms with E-state index < -0.39 is 0 Å². The molecule has 0 aliphatic carbocycles. The second-order valence-corrected chi connectivity index (χ2v) is 0. The van der Waals surface area contributed by atoms with Gasteiger partial charge in [-0.25, -0.2) is 0 Å². The quantitative estimate of drug-likeness (QED) is 0.312. The Hall–Kier alpha value is 1.73. The molecule has 4 nitrogen and oxygen atoms in total. The maximum absolute atomic E-state index is 6.25. The van der Waals surface area contributed by atoms with Crippen molar-refractivity contribution in [2.75, 3.05) is 0 Å². The first-order valence-corrected chi connectivity index (χ1v) is 0.894. The number of nitrogens with zero attached hydrogens (tertiary/aromatic N) is 4. The van der Waals surface area contributed by atoms with E-state index in [2.05, 4.69) is 0 Å². The smallest absolute Gasteiger partial charge is 0.512 e. The third-order valence-electron chi connectivity index (χ3n) is 0. The molecule has 0 saturated carbocycles. The van der Waals surface area contributed by atoms with Gasteiger partial charge in [0, 0.05) is 0 Å². The summed E-state index contributed by atoms with van der Waals surface area (Å²) in [6.07, 6.45) is 0. The fourth-order valence-corrected chi connectivity index (χ4v) is 0. The molecule has 7 heteroatoms. The molecule has 11 heavy (non-hydrogen) atoms. The van der Waals surface area contributed by atoms with Gasteiger partial charge in [0.05, 0.1) is 0 Å². The molecule has 0 radical (unpaired) electrons. The van der Waals surface area contributed by atoms with Crippen LogP contribution in [0.15, 0.2) is 0 Å². The average molecular weight is 241 g/mol. The van der Waals surface area contributed by atoms with E-state index in [1.54, 1.807) is 0 Å². The second-order valence-electron chi connectivity index (χ2n) is 0. The summed E-state index contributed by atoms with van der Waals surface area (Å²) in [6.45, 7) is 19.0. The van der Waals surface area contributed by atoms with Gasteiger partial charge in [0.2, 0.25) is 0 Å². The van der Waals surface area contributed by atoms with Crippen molar-refractivity contribution in [3.05, 3.63) is 26.3 Å². The molecule has 48 valence electrons. The minimum Gasteiger partial charge on any atom is -0.512 e. The Morgan fingerprint density at radius 1 is 0.455 bits per heavy atom. The summed E-state index contributed by atoms with van der Waals surface area (Å²) in [6, 6.07) is 0. The topological polar surface area (TPSA) is 95.2 Å². The van der Waals surface area contributed by atoms with Crippen LogP contribution >= 0.6 is 0 Å². The predicted octanol–water partition coefficient (Wildman–Crippen LogP) is -5.61. The van der Waals surface area contributed by atoms with Crippen molar-refractivity contribution in [3.63, 3.8) is 0 Å². The van der Waals surface area contributed by atoms with Crippen LogP contribution < -0.4 is 103 Å². The molecule has 0 aromatic rings. The SMILES string of the molecule is [C-]#N.[C-]#N.[C-]#N.[C-]#N.[K+].[K+].[Ni+2]. The molecular formula is C4K2N4Ni. The predicted molar refractivity (Wildman–Crippen MR) is 19.9 cm³/mol. The average Bonchev–Trinajstić information content (AvgIpc) is 2.03. The van der Waals surface area contributed by atoms with E-state index in [9.17, 15) is 0 Å². The van der Waals surface area contributed by atoms with Crippen LogP contribution in [-0.4, -0.2) is 0 Å². The third kappa shape index (κ3) is 372. The zero-order valence-electron chi connectivity index (χ0n) is 6.11. The van der Waals surface area contributed by atoms with Crippen molar-refractivity contribution >= 4 is 0 Å². The van der Waals surface area contributed by atoms with Gasteiger partial charge in [-0.2, -0.15) is 0 Å². The largest absolute Gasteiger partial charge is 2.00 e. The molecule has 0 amide bonds. The molecule has 0 aromatic carbocycles. The van der Waals surface area contributed by atoms with E-state index in [0.717, 1.165) is 0 Å². The van der Waals surface area contributed by atoms with E-state index in [-0.39, 0.29) is 119 Å². The Kier molecular flexibility index (Phi) is 2200. The molecule has 0 aromatic heterocycles. The number of hydrogen-bond acceptors (Lipinski definition) is 4. The molecule has 0 aliphatic rings. The van der Waals surface area contributed by atoms with Crippen LogP contribution in [0.4, 0.5) is 0 Å². The maximum atomic E-state index is 6.25. The molecule has 0 saturated heterocycles. The molecule has 0 heterocycles. The van der Waals surface area contributed by atoms with Gasteiger partial charge in [0.25, 0.3) is 0 Å². The van der Waals surface area contributed by atoms with E-state index in [1.165, 1.54) is 0 Å². The maximum Gasteiger partial charge on any atom is 2.00 e. The van der Waals surface area contributed by atoms with E-state index in [0.29, 0.717) is 0 Å². The summed E-state index contributed by atoms with van der Waals surface area (Å²) in [5.74, 6) is 0. The Labute approximate surface area is 162 Å². The fourth-order valence-electron chi connectivity index (χ4n) is 0. The molecule has 0 unspecified atom stereocenters. The van der Waals surface area contributed by atoms with Gasteiger partial charge in [0.15, 0.2) is 0 Å². The van der Waals surface area contributed by atoms with Crippen LogP contribution in [0.1, 0.15) is 0 Å². The summed E-state index contributed by atoms with van der Waals surface area (Å²) in [4.78, 5) is 0. The van der Waals surface area contributed by atoms with Crippen molar-refractivity contribution in [1.29, 1.82) is 21.0 Å². The van der Waals surface area contributed by atoms with Gasteiger partial charge in [-0.15, -0.1) is 0 Å². The van der Waals surface area contributed by atoms with Crippen molar-refractivity contribution < 1.29 is 119 Å². The summed E-state index contributed by atoms with van der Waals surface area (Å²) in [5.41, 5.74) is 0. The summed E-state index contributed by atoms with van der Waals surface area (Å²) >= 11 is 0. The minimum absolute atomic E-state index is 0. The first-order chi connectivity index (χ1) is 4.00. The van der Waals surface area contributed by atoms with Gasteiger partial charge in [0.1, 0.15) is 0 Å². The minimum atomic E-state index is 0. The molecular weight excluding hydrogens is 241 g/mol. The van der Waals surface area contributed by atoms with Gasteiger partial charge in [-0.1, -0.05) is 0 Å². The monoisotopic (exact) mass is 240 g/mol. The van der Waals surface area contributed by atoms with Crippen LogP contribution in [0.25, 0.3) is 0 Å². The van der Waals surface area contributed by atoms with Gasteiger partial charge < -0.3 is 47.3 Å². The standard InChI is InChI=1S/4CN.2K.Ni/c4*1-2;;;/q4*-1;2*+1;+2. The van der Waals surface area contributed by atoms with Crippen LogP contribution in [-0.2, 0) is 16.5 Å². The second kappa shape index (κ2) is 453. The van der Waals surface area contributed by atoms with Crippen molar-refractivity contribution in [1.82, 2.24) is 0 Å².